The summed E-state index contributed by atoms with van der Waals surface area (Å²) < 4.78 is 48.0. The summed E-state index contributed by atoms with van der Waals surface area (Å²) in [4.78, 5) is 21.0. The number of hydrogen-bond acceptors (Lipinski definition) is 5. The highest BCUT2D eigenvalue weighted by Crippen LogP contribution is 2.42. The van der Waals surface area contributed by atoms with Crippen molar-refractivity contribution in [3.05, 3.63) is 33.9 Å². The molecule has 1 saturated heterocycles. The molecule has 0 N–H and O–H groups in total. The van der Waals surface area contributed by atoms with Crippen molar-refractivity contribution >= 4 is 11.7 Å². The summed E-state index contributed by atoms with van der Waals surface area (Å²) in [5, 5.41) is 10.8. The summed E-state index contributed by atoms with van der Waals surface area (Å²) in [6, 6.07) is 2.44. The molecule has 0 spiro atoms. The van der Waals surface area contributed by atoms with Gasteiger partial charge in [-0.25, -0.2) is 4.79 Å². The molecule has 9 heteroatoms. The topological polar surface area (TPSA) is 78.7 Å². The second kappa shape index (κ2) is 4.99. The molecule has 1 aliphatic heterocycles. The zero-order valence-corrected chi connectivity index (χ0v) is 9.85. The third-order valence-electron chi connectivity index (χ3n) is 2.64. The predicted molar refractivity (Wildman–Crippen MR) is 58.1 cm³/mol. The van der Waals surface area contributed by atoms with Crippen LogP contribution in [0.25, 0.3) is 0 Å². The third kappa shape index (κ3) is 2.65. The number of hydrogen-bond donors (Lipinski definition) is 0. The molecule has 108 valence electrons. The number of cyclic esters (lactones) is 1. The Balaban J connectivity index is 2.46. The summed E-state index contributed by atoms with van der Waals surface area (Å²) in [6.07, 6.45) is -6.05. The van der Waals surface area contributed by atoms with Gasteiger partial charge in [-0.1, -0.05) is 6.07 Å². The lowest BCUT2D eigenvalue weighted by atomic mass is 10.1. The van der Waals surface area contributed by atoms with Crippen LogP contribution in [0, 0.1) is 10.1 Å². The van der Waals surface area contributed by atoms with Crippen LogP contribution in [0.3, 0.4) is 0 Å². The van der Waals surface area contributed by atoms with Crippen LogP contribution in [0.1, 0.15) is 12.0 Å². The lowest BCUT2D eigenvalue weighted by molar-refractivity contribution is -0.386. The Labute approximate surface area is 110 Å². The molecule has 0 aromatic heterocycles. The molecule has 2 rings (SSSR count). The number of ether oxygens (including phenoxy) is 2. The SMILES string of the molecule is O=C1OCCC1Oc1c([N+](=O)[O-])cccc1C(F)(F)F. The number of carbonyl (C=O) groups excluding carboxylic acids is 1. The molecule has 1 unspecified atom stereocenters. The minimum Gasteiger partial charge on any atom is -0.471 e. The number of nitro groups is 1. The van der Waals surface area contributed by atoms with E-state index in [1.807, 2.05) is 0 Å². The zero-order chi connectivity index (χ0) is 14.9. The fraction of sp³-hybridized carbons (Fsp3) is 0.364. The normalized spacial score (nSPS) is 18.8. The van der Waals surface area contributed by atoms with Gasteiger partial charge < -0.3 is 9.47 Å². The second-order valence-electron chi connectivity index (χ2n) is 3.97. The van der Waals surface area contributed by atoms with E-state index in [-0.39, 0.29) is 13.0 Å². The average Bonchev–Trinajstić information content (AvgIpc) is 2.73. The Morgan fingerprint density at radius 2 is 2.10 bits per heavy atom. The lowest BCUT2D eigenvalue weighted by Gasteiger charge is -2.15. The first-order valence-corrected chi connectivity index (χ1v) is 5.48. The molecule has 0 amide bonds. The van der Waals surface area contributed by atoms with Crippen LogP contribution >= 0.6 is 0 Å². The molecule has 1 aromatic rings. The van der Waals surface area contributed by atoms with Gasteiger partial charge in [0, 0.05) is 12.5 Å². The van der Waals surface area contributed by atoms with Gasteiger partial charge in [0.2, 0.25) is 5.75 Å². The molecule has 0 radical (unpaired) electrons. The van der Waals surface area contributed by atoms with Gasteiger partial charge in [0.05, 0.1) is 11.5 Å². The molecular weight excluding hydrogens is 283 g/mol. The van der Waals surface area contributed by atoms with E-state index < -0.39 is 40.2 Å². The summed E-state index contributed by atoms with van der Waals surface area (Å²) in [6.45, 7) is 0.00544. The van der Waals surface area contributed by atoms with E-state index in [9.17, 15) is 28.1 Å². The highest BCUT2D eigenvalue weighted by atomic mass is 19.4. The average molecular weight is 291 g/mol. The van der Waals surface area contributed by atoms with E-state index in [2.05, 4.69) is 4.74 Å². The summed E-state index contributed by atoms with van der Waals surface area (Å²) in [5.41, 5.74) is -2.15. The summed E-state index contributed by atoms with van der Waals surface area (Å²) >= 11 is 0. The Morgan fingerprint density at radius 1 is 1.40 bits per heavy atom. The second-order valence-corrected chi connectivity index (χ2v) is 3.97. The number of nitrogens with zero attached hydrogens (tertiary/aromatic N) is 1. The van der Waals surface area contributed by atoms with Crippen molar-refractivity contribution in [2.45, 2.75) is 18.7 Å². The van der Waals surface area contributed by atoms with Crippen molar-refractivity contribution in [2.75, 3.05) is 6.61 Å². The number of nitro benzene ring substituents is 1. The van der Waals surface area contributed by atoms with Crippen LogP contribution in [0.15, 0.2) is 18.2 Å². The lowest BCUT2D eigenvalue weighted by Crippen LogP contribution is -2.24. The van der Waals surface area contributed by atoms with E-state index in [0.29, 0.717) is 6.07 Å². The summed E-state index contributed by atoms with van der Waals surface area (Å²) in [5.74, 6) is -1.80. The van der Waals surface area contributed by atoms with Gasteiger partial charge in [0.25, 0.3) is 0 Å². The first-order chi connectivity index (χ1) is 9.30. The van der Waals surface area contributed by atoms with Crippen LogP contribution in [0.4, 0.5) is 18.9 Å². The molecule has 0 saturated carbocycles. The van der Waals surface area contributed by atoms with Gasteiger partial charge in [-0.3, -0.25) is 10.1 Å². The molecule has 1 atom stereocenters. The standard InChI is InChI=1S/C11H8F3NO5/c12-11(13,14)6-2-1-3-7(15(17)18)9(6)20-8-4-5-19-10(8)16/h1-3,8H,4-5H2. The number of alkyl halides is 3. The fourth-order valence-corrected chi connectivity index (χ4v) is 1.74. The number of para-hydroxylation sites is 1. The van der Waals surface area contributed by atoms with E-state index in [1.165, 1.54) is 0 Å². The number of halogens is 3. The molecular formula is C11H8F3NO5. The van der Waals surface area contributed by atoms with Gasteiger partial charge in [0.15, 0.2) is 6.10 Å². The van der Waals surface area contributed by atoms with Gasteiger partial charge in [-0.05, 0) is 6.07 Å². The van der Waals surface area contributed by atoms with Crippen molar-refractivity contribution < 1.29 is 32.4 Å². The molecule has 1 aromatic carbocycles. The maximum Gasteiger partial charge on any atom is 0.420 e. The zero-order valence-electron chi connectivity index (χ0n) is 9.85. The highest BCUT2D eigenvalue weighted by Gasteiger charge is 2.40. The molecule has 1 heterocycles. The van der Waals surface area contributed by atoms with Gasteiger partial charge in [0.1, 0.15) is 5.56 Å². The third-order valence-corrected chi connectivity index (χ3v) is 2.64. The molecule has 0 aliphatic carbocycles. The largest absolute Gasteiger partial charge is 0.471 e. The maximum absolute atomic E-state index is 12.8. The molecule has 1 fully saturated rings. The van der Waals surface area contributed by atoms with Gasteiger partial charge in [-0.15, -0.1) is 0 Å². The molecule has 6 nitrogen and oxygen atoms in total. The number of benzene rings is 1. The van der Waals surface area contributed by atoms with Gasteiger partial charge in [-0.2, -0.15) is 13.2 Å². The molecule has 0 bridgehead atoms. The van der Waals surface area contributed by atoms with Crippen LogP contribution in [0.5, 0.6) is 5.75 Å². The summed E-state index contributed by atoms with van der Waals surface area (Å²) in [7, 11) is 0. The van der Waals surface area contributed by atoms with Crippen molar-refractivity contribution in [1.29, 1.82) is 0 Å². The number of carbonyl (C=O) groups is 1. The van der Waals surface area contributed by atoms with E-state index in [1.54, 1.807) is 0 Å². The number of esters is 1. The quantitative estimate of drug-likeness (QED) is 0.485. The number of rotatable bonds is 3. The van der Waals surface area contributed by atoms with Crippen LogP contribution < -0.4 is 4.74 Å². The predicted octanol–water partition coefficient (Wildman–Crippen LogP) is 2.31. The Bertz CT molecular complexity index is 557. The fourth-order valence-electron chi connectivity index (χ4n) is 1.74. The van der Waals surface area contributed by atoms with E-state index in [4.69, 9.17) is 4.74 Å². The van der Waals surface area contributed by atoms with Crippen LogP contribution in [0.2, 0.25) is 0 Å². The van der Waals surface area contributed by atoms with Crippen molar-refractivity contribution in [1.82, 2.24) is 0 Å². The molecule has 1 aliphatic rings. The van der Waals surface area contributed by atoms with Crippen molar-refractivity contribution in [3.63, 3.8) is 0 Å². The molecule has 20 heavy (non-hydrogen) atoms. The highest BCUT2D eigenvalue weighted by molar-refractivity contribution is 5.77. The Hall–Kier alpha value is -2.32. The Kier molecular flexibility index (Phi) is 3.51. The first-order valence-electron chi connectivity index (χ1n) is 5.48. The van der Waals surface area contributed by atoms with Crippen molar-refractivity contribution in [3.8, 4) is 5.75 Å². The monoisotopic (exact) mass is 291 g/mol. The van der Waals surface area contributed by atoms with Crippen LogP contribution in [-0.2, 0) is 15.7 Å². The van der Waals surface area contributed by atoms with Gasteiger partial charge >= 0.3 is 17.8 Å². The van der Waals surface area contributed by atoms with E-state index >= 15 is 0 Å². The smallest absolute Gasteiger partial charge is 0.420 e. The van der Waals surface area contributed by atoms with Crippen molar-refractivity contribution in [2.24, 2.45) is 0 Å². The maximum atomic E-state index is 12.8. The first kappa shape index (κ1) is 14.1. The van der Waals surface area contributed by atoms with E-state index in [0.717, 1.165) is 12.1 Å². The minimum atomic E-state index is -4.83. The Morgan fingerprint density at radius 3 is 2.60 bits per heavy atom. The van der Waals surface area contributed by atoms with Crippen LogP contribution in [-0.4, -0.2) is 23.6 Å². The minimum absolute atomic E-state index is 0.00544.